The fraction of sp³-hybridized carbons (Fsp3) is 0.600. The summed E-state index contributed by atoms with van der Waals surface area (Å²) in [6.45, 7) is 8.76. The summed E-state index contributed by atoms with van der Waals surface area (Å²) < 4.78 is 10.2. The Morgan fingerprint density at radius 2 is 1.47 bits per heavy atom. The molecular weight excluding hydrogens is 258 g/mol. The maximum Gasteiger partial charge on any atom is 0.118 e. The van der Waals surface area contributed by atoms with Crippen LogP contribution in [0.5, 0.6) is 5.75 Å². The van der Waals surface area contributed by atoms with Crippen molar-refractivity contribution in [3.8, 4) is 5.75 Å². The van der Waals surface area contributed by atoms with Gasteiger partial charge in [-0.05, 0) is 43.2 Å². The van der Waals surface area contributed by atoms with E-state index in [1.54, 1.807) is 7.11 Å². The molecule has 1 aromatic carbocycles. The third kappa shape index (κ3) is 15.2. The van der Waals surface area contributed by atoms with Gasteiger partial charge in [0.05, 0.1) is 13.7 Å². The summed E-state index contributed by atoms with van der Waals surface area (Å²) in [6, 6.07) is 8.05. The second kappa shape index (κ2) is 22.5. The lowest BCUT2D eigenvalue weighted by molar-refractivity contribution is 0.380. The third-order valence-corrected chi connectivity index (χ3v) is 2.15. The van der Waals surface area contributed by atoms with Gasteiger partial charge in [0, 0.05) is 6.26 Å². The van der Waals surface area contributed by atoms with Crippen LogP contribution in [0.1, 0.15) is 33.3 Å². The number of methoxy groups -OCH3 is 1. The molecule has 3 nitrogen and oxygen atoms in total. The number of ether oxygens (including phenoxy) is 1. The van der Waals surface area contributed by atoms with E-state index in [9.17, 15) is 0 Å². The average molecular weight is 289 g/mol. The van der Waals surface area contributed by atoms with Gasteiger partial charge in [0.15, 0.2) is 0 Å². The molecule has 0 unspecified atom stereocenters. The number of benzene rings is 1. The van der Waals surface area contributed by atoms with Crippen LogP contribution >= 0.6 is 12.0 Å². The van der Waals surface area contributed by atoms with E-state index in [1.807, 2.05) is 46.1 Å². The van der Waals surface area contributed by atoms with Crippen LogP contribution in [-0.2, 0) is 10.6 Å². The van der Waals surface area contributed by atoms with Gasteiger partial charge in [0.25, 0.3) is 0 Å². The smallest absolute Gasteiger partial charge is 0.118 e. The zero-order chi connectivity index (χ0) is 15.5. The Kier molecular flexibility index (Phi) is 27.7. The Bertz CT molecular complexity index is 240. The van der Waals surface area contributed by atoms with Crippen molar-refractivity contribution in [2.75, 3.05) is 27.0 Å². The zero-order valence-electron chi connectivity index (χ0n) is 13.5. The summed E-state index contributed by atoms with van der Waals surface area (Å²) in [4.78, 5) is 0. The van der Waals surface area contributed by atoms with Crippen molar-refractivity contribution in [1.29, 1.82) is 0 Å². The fourth-order valence-electron chi connectivity index (χ4n) is 1.04. The monoisotopic (exact) mass is 289 g/mol. The van der Waals surface area contributed by atoms with E-state index in [-0.39, 0.29) is 0 Å². The summed E-state index contributed by atoms with van der Waals surface area (Å²) in [7, 11) is 3.17. The van der Waals surface area contributed by atoms with E-state index >= 15 is 0 Å². The van der Waals surface area contributed by atoms with Crippen LogP contribution in [0.4, 0.5) is 0 Å². The first-order chi connectivity index (χ1) is 9.36. The van der Waals surface area contributed by atoms with E-state index in [1.165, 1.54) is 24.7 Å². The minimum Gasteiger partial charge on any atom is -0.497 e. The molecule has 114 valence electrons. The van der Waals surface area contributed by atoms with E-state index < -0.39 is 0 Å². The minimum absolute atomic E-state index is 0.757. The maximum atomic E-state index is 5.18. The zero-order valence-corrected chi connectivity index (χ0v) is 14.3. The Balaban J connectivity index is -0.000000375. The molecule has 0 aliphatic rings. The van der Waals surface area contributed by atoms with E-state index in [0.29, 0.717) is 0 Å². The lowest BCUT2D eigenvalue weighted by atomic mass is 10.1. The van der Waals surface area contributed by atoms with Gasteiger partial charge in [-0.3, -0.25) is 0 Å². The highest BCUT2D eigenvalue weighted by Gasteiger charge is 1.94. The predicted molar refractivity (Wildman–Crippen MR) is 89.0 cm³/mol. The van der Waals surface area contributed by atoms with Crippen LogP contribution in [0.3, 0.4) is 0 Å². The number of rotatable bonds is 5. The number of nitrogens with two attached hydrogens (primary N) is 1. The highest BCUT2D eigenvalue weighted by Crippen LogP contribution is 2.12. The summed E-state index contributed by atoms with van der Waals surface area (Å²) >= 11 is 1.40. The van der Waals surface area contributed by atoms with Gasteiger partial charge in [-0.25, -0.2) is 0 Å². The molecule has 0 spiro atoms. The molecule has 1 aromatic rings. The molecule has 2 N–H and O–H groups in total. The molecule has 0 saturated carbocycles. The van der Waals surface area contributed by atoms with Gasteiger partial charge in [0.2, 0.25) is 0 Å². The van der Waals surface area contributed by atoms with Gasteiger partial charge in [-0.15, -0.1) is 0 Å². The van der Waals surface area contributed by atoms with Crippen molar-refractivity contribution in [3.63, 3.8) is 0 Å². The summed E-state index contributed by atoms with van der Waals surface area (Å²) in [5.41, 5.74) is 5.77. The number of hydrogen-bond donors (Lipinski definition) is 1. The molecule has 0 fully saturated rings. The molecule has 0 atom stereocenters. The van der Waals surface area contributed by atoms with Crippen LogP contribution in [0.2, 0.25) is 0 Å². The van der Waals surface area contributed by atoms with Crippen LogP contribution in [0, 0.1) is 0 Å². The molecule has 0 bridgehead atoms. The third-order valence-electron chi connectivity index (χ3n) is 1.75. The first-order valence-electron chi connectivity index (χ1n) is 6.73. The van der Waals surface area contributed by atoms with Crippen molar-refractivity contribution in [3.05, 3.63) is 29.8 Å². The summed E-state index contributed by atoms with van der Waals surface area (Å²) in [5, 5.41) is 0. The van der Waals surface area contributed by atoms with Crippen LogP contribution in [-0.4, -0.2) is 27.0 Å². The van der Waals surface area contributed by atoms with Crippen molar-refractivity contribution in [1.82, 2.24) is 0 Å². The molecule has 0 radical (unpaired) electrons. The van der Waals surface area contributed by atoms with Gasteiger partial charge in [-0.1, -0.05) is 39.8 Å². The minimum atomic E-state index is 0.757. The van der Waals surface area contributed by atoms with Crippen LogP contribution in [0.25, 0.3) is 0 Å². The Morgan fingerprint density at radius 3 is 1.84 bits per heavy atom. The molecular formula is C15H31NO2S. The van der Waals surface area contributed by atoms with Crippen LogP contribution < -0.4 is 10.5 Å². The van der Waals surface area contributed by atoms with Gasteiger partial charge in [-0.2, -0.15) is 0 Å². The molecule has 4 heteroatoms. The molecule has 0 aromatic heterocycles. The lowest BCUT2D eigenvalue weighted by Gasteiger charge is -2.02. The largest absolute Gasteiger partial charge is 0.497 e. The van der Waals surface area contributed by atoms with Gasteiger partial charge < -0.3 is 14.7 Å². The molecule has 0 saturated heterocycles. The molecule has 1 rings (SSSR count). The predicted octanol–water partition coefficient (Wildman–Crippen LogP) is 4.16. The first kappa shape index (κ1) is 23.4. The summed E-state index contributed by atoms with van der Waals surface area (Å²) in [6.07, 6.45) is 2.87. The fourth-order valence-corrected chi connectivity index (χ4v) is 1.29. The lowest BCUT2D eigenvalue weighted by Crippen LogP contribution is -1.92. The Morgan fingerprint density at radius 1 is 1.00 bits per heavy atom. The molecule has 0 heterocycles. The average Bonchev–Trinajstić information content (AvgIpc) is 2.54. The van der Waals surface area contributed by atoms with Crippen LogP contribution in [0.15, 0.2) is 24.3 Å². The van der Waals surface area contributed by atoms with E-state index in [4.69, 9.17) is 8.92 Å². The normalized spacial score (nSPS) is 7.79. The molecule has 0 aliphatic heterocycles. The van der Waals surface area contributed by atoms with Gasteiger partial charge in [0.1, 0.15) is 5.75 Å². The SMILES string of the molecule is CC.CC.CN.COc1ccc(CCOSC)cc1. The van der Waals surface area contributed by atoms with E-state index in [0.717, 1.165) is 18.8 Å². The molecule has 19 heavy (non-hydrogen) atoms. The van der Waals surface area contributed by atoms with Crippen molar-refractivity contribution in [2.24, 2.45) is 5.73 Å². The van der Waals surface area contributed by atoms with Crippen molar-refractivity contribution >= 4 is 12.0 Å². The van der Waals surface area contributed by atoms with Gasteiger partial charge >= 0.3 is 0 Å². The first-order valence-corrected chi connectivity index (χ1v) is 7.88. The van der Waals surface area contributed by atoms with Crippen molar-refractivity contribution in [2.45, 2.75) is 34.1 Å². The Hall–Kier alpha value is -0.710. The number of hydrogen-bond acceptors (Lipinski definition) is 4. The second-order valence-corrected chi connectivity index (χ2v) is 3.16. The maximum absolute atomic E-state index is 5.18. The Labute approximate surface area is 124 Å². The molecule has 0 aliphatic carbocycles. The van der Waals surface area contributed by atoms with E-state index in [2.05, 4.69) is 17.9 Å². The van der Waals surface area contributed by atoms with Crippen molar-refractivity contribution < 1.29 is 8.92 Å². The topological polar surface area (TPSA) is 44.5 Å². The summed E-state index contributed by atoms with van der Waals surface area (Å²) in [5.74, 6) is 0.898. The highest BCUT2D eigenvalue weighted by molar-refractivity contribution is 7.93. The quantitative estimate of drug-likeness (QED) is 0.653. The second-order valence-electron chi connectivity index (χ2n) is 2.59. The highest BCUT2D eigenvalue weighted by atomic mass is 32.2. The standard InChI is InChI=1S/C10H14O2S.2C2H6.CH5N/c1-11-10-5-3-9(4-6-10)7-8-12-13-2;3*1-2/h3-6H,7-8H2,1-2H3;2*1-2H3;2H2,1H3. The molecule has 0 amide bonds.